The van der Waals surface area contributed by atoms with Gasteiger partial charge in [0.05, 0.1) is 5.69 Å². The Balaban J connectivity index is 2.39. The molecule has 0 fully saturated rings. The molecule has 0 saturated heterocycles. The first-order valence-electron chi connectivity index (χ1n) is 4.28. The molecular weight excluding hydrogens is 253 g/mol. The molecule has 0 aliphatic carbocycles. The molecule has 0 saturated carbocycles. The normalized spacial score (nSPS) is 15.7. The van der Waals surface area contributed by atoms with Crippen molar-refractivity contribution in [3.63, 3.8) is 0 Å². The fourth-order valence-electron chi connectivity index (χ4n) is 1.32. The number of hydrogen-bond acceptors (Lipinski definition) is 4. The average Bonchev–Trinajstić information content (AvgIpc) is 2.64. The number of anilines is 1. The molecule has 1 aliphatic rings. The minimum atomic E-state index is 0.420. The van der Waals surface area contributed by atoms with Crippen LogP contribution >= 0.6 is 35.1 Å². The van der Waals surface area contributed by atoms with Gasteiger partial charge in [0.15, 0.2) is 0 Å². The zero-order chi connectivity index (χ0) is 10.8. The van der Waals surface area contributed by atoms with Gasteiger partial charge in [0, 0.05) is 17.0 Å². The number of nitrogens with zero attached hydrogens (tertiary/aromatic N) is 1. The lowest BCUT2D eigenvalue weighted by molar-refractivity contribution is 0.956. The van der Waals surface area contributed by atoms with Crippen LogP contribution in [0.2, 0.25) is 5.02 Å². The first-order valence-corrected chi connectivity index (χ1v) is 5.91. The van der Waals surface area contributed by atoms with Gasteiger partial charge in [0.2, 0.25) is 0 Å². The van der Waals surface area contributed by atoms with Crippen LogP contribution in [0.4, 0.5) is 5.69 Å². The van der Waals surface area contributed by atoms with Gasteiger partial charge < -0.3 is 5.73 Å². The lowest BCUT2D eigenvalue weighted by Gasteiger charge is -2.20. The summed E-state index contributed by atoms with van der Waals surface area (Å²) < 4.78 is 0. The summed E-state index contributed by atoms with van der Waals surface area (Å²) in [5.41, 5.74) is 7.52. The van der Waals surface area contributed by atoms with Gasteiger partial charge in [-0.1, -0.05) is 23.2 Å². The number of rotatable bonds is 2. The summed E-state index contributed by atoms with van der Waals surface area (Å²) in [6.07, 6.45) is 0. The van der Waals surface area contributed by atoms with Crippen molar-refractivity contribution in [3.8, 4) is 0 Å². The molecule has 1 aromatic carbocycles. The minimum absolute atomic E-state index is 0.420. The number of nitrogens with two attached hydrogens (primary N) is 1. The quantitative estimate of drug-likeness (QED) is 0.635. The van der Waals surface area contributed by atoms with E-state index in [1.807, 2.05) is 23.6 Å². The summed E-state index contributed by atoms with van der Waals surface area (Å²) in [6, 6.07) is 5.54. The van der Waals surface area contributed by atoms with E-state index in [0.717, 1.165) is 11.3 Å². The van der Waals surface area contributed by atoms with Crippen molar-refractivity contribution < 1.29 is 0 Å². The molecule has 80 valence electrons. The van der Waals surface area contributed by atoms with Crippen LogP contribution in [-0.4, -0.2) is 0 Å². The molecule has 0 amide bonds. The Morgan fingerprint density at radius 2 is 2.20 bits per heavy atom. The van der Waals surface area contributed by atoms with Crippen LogP contribution in [0.15, 0.2) is 28.8 Å². The predicted molar refractivity (Wildman–Crippen MR) is 66.5 cm³/mol. The fraction of sp³-hybridized carbons (Fsp3) is 0.111. The second-order valence-corrected chi connectivity index (χ2v) is 4.44. The lowest BCUT2D eigenvalue weighted by Crippen LogP contribution is -2.27. The van der Waals surface area contributed by atoms with E-state index in [1.165, 1.54) is 11.9 Å². The van der Waals surface area contributed by atoms with Gasteiger partial charge in [-0.2, -0.15) is 4.83 Å². The van der Waals surface area contributed by atoms with E-state index in [-0.39, 0.29) is 0 Å². The third-order valence-corrected chi connectivity index (χ3v) is 3.29. The van der Waals surface area contributed by atoms with Gasteiger partial charge in [-0.15, -0.1) is 0 Å². The maximum absolute atomic E-state index is 6.01. The van der Waals surface area contributed by atoms with Crippen molar-refractivity contribution in [2.45, 2.75) is 6.54 Å². The van der Waals surface area contributed by atoms with E-state index in [0.29, 0.717) is 16.7 Å². The topological polar surface area (TPSA) is 41.3 Å². The third-order valence-electron chi connectivity index (χ3n) is 2.02. The summed E-state index contributed by atoms with van der Waals surface area (Å²) >= 11 is 13.3. The lowest BCUT2D eigenvalue weighted by atomic mass is 10.2. The minimum Gasteiger partial charge on any atom is -0.326 e. The maximum Gasteiger partial charge on any atom is 0.132 e. The Morgan fingerprint density at radius 1 is 1.40 bits per heavy atom. The average molecular weight is 262 g/mol. The van der Waals surface area contributed by atoms with Crippen LogP contribution in [0.3, 0.4) is 0 Å². The van der Waals surface area contributed by atoms with Crippen LogP contribution in [0.1, 0.15) is 5.56 Å². The van der Waals surface area contributed by atoms with E-state index in [1.54, 1.807) is 5.01 Å². The van der Waals surface area contributed by atoms with E-state index in [4.69, 9.17) is 28.9 Å². The van der Waals surface area contributed by atoms with Crippen LogP contribution in [-0.2, 0) is 6.54 Å². The highest BCUT2D eigenvalue weighted by molar-refractivity contribution is 8.00. The first-order chi connectivity index (χ1) is 7.22. The molecule has 6 heteroatoms. The molecule has 2 rings (SSSR count). The van der Waals surface area contributed by atoms with Crippen molar-refractivity contribution in [3.05, 3.63) is 39.3 Å². The zero-order valence-corrected chi connectivity index (χ0v) is 10.0. The molecule has 0 bridgehead atoms. The summed E-state index contributed by atoms with van der Waals surface area (Å²) in [7, 11) is 0. The Hall–Kier alpha value is -0.390. The first kappa shape index (κ1) is 11.1. The molecule has 0 atom stereocenters. The molecular formula is C9H9Cl2N3S. The number of benzene rings is 1. The monoisotopic (exact) mass is 261 g/mol. The fourth-order valence-corrected chi connectivity index (χ4v) is 2.39. The Morgan fingerprint density at radius 3 is 2.80 bits per heavy atom. The van der Waals surface area contributed by atoms with Crippen molar-refractivity contribution in [1.29, 1.82) is 0 Å². The smallest absolute Gasteiger partial charge is 0.132 e. The maximum atomic E-state index is 6.01. The standard InChI is InChI=1S/C9H9Cl2N3S/c10-7-1-2-8(6(3-7)4-12)14-9(11)5-15-13-14/h1-3,5,13H,4,12H2. The summed E-state index contributed by atoms with van der Waals surface area (Å²) in [4.78, 5) is 3.04. The van der Waals surface area contributed by atoms with E-state index in [2.05, 4.69) is 4.83 Å². The molecule has 3 N–H and O–H groups in total. The second-order valence-electron chi connectivity index (χ2n) is 2.96. The summed E-state index contributed by atoms with van der Waals surface area (Å²) in [6.45, 7) is 0.420. The van der Waals surface area contributed by atoms with Gasteiger partial charge in [0.25, 0.3) is 0 Å². The zero-order valence-electron chi connectivity index (χ0n) is 7.71. The van der Waals surface area contributed by atoms with E-state index >= 15 is 0 Å². The van der Waals surface area contributed by atoms with Gasteiger partial charge in [-0.25, -0.2) is 0 Å². The number of hydrazine groups is 1. The van der Waals surface area contributed by atoms with Crippen LogP contribution in [0.25, 0.3) is 0 Å². The number of hydrogen-bond donors (Lipinski definition) is 2. The van der Waals surface area contributed by atoms with E-state index in [9.17, 15) is 0 Å². The summed E-state index contributed by atoms with van der Waals surface area (Å²) in [5, 5.41) is 4.88. The molecule has 1 aromatic rings. The summed E-state index contributed by atoms with van der Waals surface area (Å²) in [5.74, 6) is 0. The van der Waals surface area contributed by atoms with Gasteiger partial charge in [-0.3, -0.25) is 5.01 Å². The van der Waals surface area contributed by atoms with Gasteiger partial charge in [0.1, 0.15) is 5.16 Å². The van der Waals surface area contributed by atoms with Crippen LogP contribution < -0.4 is 15.6 Å². The second kappa shape index (κ2) is 4.63. The van der Waals surface area contributed by atoms with Crippen LogP contribution in [0.5, 0.6) is 0 Å². The van der Waals surface area contributed by atoms with Crippen LogP contribution in [0, 0.1) is 0 Å². The number of nitrogens with one attached hydrogen (secondary N) is 1. The molecule has 3 nitrogen and oxygen atoms in total. The Bertz CT molecular complexity index is 408. The molecule has 1 heterocycles. The van der Waals surface area contributed by atoms with E-state index < -0.39 is 0 Å². The van der Waals surface area contributed by atoms with Crippen molar-refractivity contribution >= 4 is 40.8 Å². The predicted octanol–water partition coefficient (Wildman–Crippen LogP) is 2.81. The highest BCUT2D eigenvalue weighted by Crippen LogP contribution is 2.31. The third kappa shape index (κ3) is 2.24. The van der Waals surface area contributed by atoms with Crippen molar-refractivity contribution in [2.24, 2.45) is 5.73 Å². The molecule has 1 aliphatic heterocycles. The van der Waals surface area contributed by atoms with Crippen molar-refractivity contribution in [2.75, 3.05) is 5.01 Å². The molecule has 0 unspecified atom stereocenters. The van der Waals surface area contributed by atoms with Gasteiger partial charge >= 0.3 is 0 Å². The molecule has 0 spiro atoms. The SMILES string of the molecule is NCc1cc(Cl)ccc1N1NSC=C1Cl. The van der Waals surface area contributed by atoms with Crippen molar-refractivity contribution in [1.82, 2.24) is 4.83 Å². The molecule has 0 radical (unpaired) electrons. The van der Waals surface area contributed by atoms with Gasteiger partial charge in [-0.05, 0) is 35.7 Å². The highest BCUT2D eigenvalue weighted by Gasteiger charge is 2.18. The highest BCUT2D eigenvalue weighted by atomic mass is 35.5. The molecule has 15 heavy (non-hydrogen) atoms. The largest absolute Gasteiger partial charge is 0.326 e. The Labute approximate surface area is 102 Å². The number of halogens is 2. The molecule has 0 aromatic heterocycles. The Kier molecular flexibility index (Phi) is 3.43.